The monoisotopic (exact) mass is 1150 g/mol. The smallest absolute Gasteiger partial charge is 0.305 e. The molecule has 6 nitrogen and oxygen atoms in total. The maximum absolute atomic E-state index is 12.5. The van der Waals surface area contributed by atoms with E-state index in [-0.39, 0.29) is 18.5 Å². The molecule has 0 radical (unpaired) electrons. The lowest BCUT2D eigenvalue weighted by Crippen LogP contribution is -2.45. The Hall–Kier alpha value is -1.92. The van der Waals surface area contributed by atoms with Gasteiger partial charge in [0.2, 0.25) is 5.91 Å². The number of esters is 1. The second-order valence-corrected chi connectivity index (χ2v) is 25.6. The molecule has 0 aliphatic carbocycles. The number of hydrogen-bond donors (Lipinski definition) is 3. The lowest BCUT2D eigenvalue weighted by molar-refractivity contribution is -0.143. The van der Waals surface area contributed by atoms with Crippen molar-refractivity contribution in [2.75, 3.05) is 13.2 Å². The van der Waals surface area contributed by atoms with Gasteiger partial charge in [-0.05, 0) is 64.2 Å². The lowest BCUT2D eigenvalue weighted by atomic mass is 10.0. The molecule has 3 N–H and O–H groups in total. The zero-order valence-electron chi connectivity index (χ0n) is 55.5. The van der Waals surface area contributed by atoms with Gasteiger partial charge in [-0.1, -0.05) is 371 Å². The molecule has 82 heavy (non-hydrogen) atoms. The topological polar surface area (TPSA) is 95.9 Å². The van der Waals surface area contributed by atoms with Crippen LogP contribution in [0.1, 0.15) is 412 Å². The lowest BCUT2D eigenvalue weighted by Gasteiger charge is -2.20. The molecule has 0 saturated heterocycles. The second-order valence-electron chi connectivity index (χ2n) is 25.6. The number of carbonyl (C=O) groups is 2. The van der Waals surface area contributed by atoms with E-state index in [4.69, 9.17) is 4.74 Å². The van der Waals surface area contributed by atoms with E-state index >= 15 is 0 Å². The van der Waals surface area contributed by atoms with Crippen LogP contribution in [0, 0.1) is 0 Å². The summed E-state index contributed by atoms with van der Waals surface area (Å²) in [6, 6.07) is -0.626. The van der Waals surface area contributed by atoms with E-state index in [1.165, 1.54) is 334 Å². The van der Waals surface area contributed by atoms with Gasteiger partial charge in [-0.2, -0.15) is 0 Å². The maximum Gasteiger partial charge on any atom is 0.305 e. The maximum atomic E-state index is 12.5. The predicted octanol–water partition coefficient (Wildman–Crippen LogP) is 24.3. The first-order chi connectivity index (χ1) is 40.5. The van der Waals surface area contributed by atoms with Crippen molar-refractivity contribution in [1.82, 2.24) is 5.32 Å². The molecule has 0 rings (SSSR count). The molecule has 0 bridgehead atoms. The number of rotatable bonds is 70. The van der Waals surface area contributed by atoms with Gasteiger partial charge in [0.05, 0.1) is 25.4 Å². The molecule has 0 heterocycles. The quantitative estimate of drug-likeness (QED) is 0.0320. The zero-order chi connectivity index (χ0) is 59.2. The largest absolute Gasteiger partial charge is 0.466 e. The van der Waals surface area contributed by atoms with Gasteiger partial charge in [-0.15, -0.1) is 0 Å². The molecule has 6 heteroatoms. The van der Waals surface area contributed by atoms with Crippen molar-refractivity contribution in [2.24, 2.45) is 0 Å². The van der Waals surface area contributed by atoms with Gasteiger partial charge >= 0.3 is 5.97 Å². The minimum atomic E-state index is -0.843. The van der Waals surface area contributed by atoms with Crippen molar-refractivity contribution in [3.8, 4) is 0 Å². The Kier molecular flexibility index (Phi) is 69.9. The zero-order valence-corrected chi connectivity index (χ0v) is 55.5. The number of aliphatic hydroxyl groups is 2. The molecule has 0 spiro atoms. The molecule has 0 aromatic rings. The van der Waals surface area contributed by atoms with Crippen LogP contribution in [0.15, 0.2) is 36.5 Å². The number of carbonyl (C=O) groups excluding carboxylic acids is 2. The van der Waals surface area contributed by atoms with E-state index in [1.807, 2.05) is 6.08 Å². The summed E-state index contributed by atoms with van der Waals surface area (Å²) in [4.78, 5) is 24.6. The first kappa shape index (κ1) is 80.1. The number of allylic oxidation sites excluding steroid dienone is 5. The number of unbranched alkanes of at least 4 members (excludes halogenated alkanes) is 55. The van der Waals surface area contributed by atoms with E-state index in [2.05, 4.69) is 43.5 Å². The predicted molar refractivity (Wildman–Crippen MR) is 361 cm³/mol. The molecule has 0 saturated carbocycles. The van der Waals surface area contributed by atoms with E-state index in [1.54, 1.807) is 6.08 Å². The van der Waals surface area contributed by atoms with E-state index in [0.717, 1.165) is 51.4 Å². The molecule has 0 aliphatic rings. The van der Waals surface area contributed by atoms with Crippen LogP contribution in [0.4, 0.5) is 0 Å². The van der Waals surface area contributed by atoms with E-state index < -0.39 is 12.1 Å². The molecule has 0 aromatic carbocycles. The van der Waals surface area contributed by atoms with Crippen LogP contribution in [0.3, 0.4) is 0 Å². The minimum Gasteiger partial charge on any atom is -0.466 e. The van der Waals surface area contributed by atoms with Crippen molar-refractivity contribution in [2.45, 2.75) is 424 Å². The van der Waals surface area contributed by atoms with Crippen molar-refractivity contribution in [3.05, 3.63) is 36.5 Å². The Labute approximate surface area is 513 Å². The third kappa shape index (κ3) is 67.2. The fraction of sp³-hybridized carbons (Fsp3) is 0.895. The molecular weight excluding hydrogens is 1010 g/mol. The summed E-state index contributed by atoms with van der Waals surface area (Å²) in [6.45, 7) is 4.92. The summed E-state index contributed by atoms with van der Waals surface area (Å²) in [7, 11) is 0. The Morgan fingerprint density at radius 2 is 0.610 bits per heavy atom. The van der Waals surface area contributed by atoms with Gasteiger partial charge < -0.3 is 20.3 Å². The average Bonchev–Trinajstić information content (AvgIpc) is 3.48. The van der Waals surface area contributed by atoms with Gasteiger partial charge in [-0.25, -0.2) is 0 Å². The fourth-order valence-corrected chi connectivity index (χ4v) is 11.7. The van der Waals surface area contributed by atoms with Crippen molar-refractivity contribution < 1.29 is 24.5 Å². The molecule has 0 aliphatic heterocycles. The third-order valence-corrected chi connectivity index (χ3v) is 17.4. The standard InChI is InChI=1S/C76H145NO5/c1-3-5-7-9-11-13-15-17-19-21-34-37-40-44-48-52-56-60-64-68-74(79)73(72-78)77-75(80)69-65-61-57-53-49-45-41-38-35-32-30-28-26-24-22-23-25-27-29-31-33-36-39-43-47-51-55-59-63-67-71-82-76(81)70-66-62-58-54-50-46-42-20-18-16-14-12-10-8-6-4-2/h14,16,20,42,64,68,73-74,78-79H,3-13,15,17-19,21-41,43-63,65-67,69-72H2,1-2H3,(H,77,80)/b16-14-,42-20-,68-64+. The van der Waals surface area contributed by atoms with Crippen LogP contribution in [0.2, 0.25) is 0 Å². The SMILES string of the molecule is CCCCCC/C=C\C/C=C\CCCCCCCC(=O)OCCCCCCCCCCCCCCCCCCCCCCCCCCCCCCCCC(=O)NC(CO)C(O)/C=C/CCCCCCCCCCCCCCCCCCC. The summed E-state index contributed by atoms with van der Waals surface area (Å²) in [5.74, 6) is -0.0537. The molecule has 2 unspecified atom stereocenters. The summed E-state index contributed by atoms with van der Waals surface area (Å²) in [5, 5.41) is 23.2. The number of hydrogen-bond acceptors (Lipinski definition) is 5. The molecular formula is C76H145NO5. The highest BCUT2D eigenvalue weighted by atomic mass is 16.5. The minimum absolute atomic E-state index is 0.00682. The summed E-state index contributed by atoms with van der Waals surface area (Å²) in [5.41, 5.74) is 0. The number of ether oxygens (including phenoxy) is 1. The van der Waals surface area contributed by atoms with Crippen LogP contribution >= 0.6 is 0 Å². The third-order valence-electron chi connectivity index (χ3n) is 17.4. The van der Waals surface area contributed by atoms with Crippen LogP contribution in [-0.2, 0) is 14.3 Å². The van der Waals surface area contributed by atoms with Crippen LogP contribution in [-0.4, -0.2) is 47.4 Å². The summed E-state index contributed by atoms with van der Waals surface area (Å²) in [6.07, 6.45) is 92.4. The van der Waals surface area contributed by atoms with Gasteiger partial charge in [0.25, 0.3) is 0 Å². The summed E-state index contributed by atoms with van der Waals surface area (Å²) >= 11 is 0. The first-order valence-electron chi connectivity index (χ1n) is 37.3. The number of amides is 1. The van der Waals surface area contributed by atoms with Crippen LogP contribution in [0.5, 0.6) is 0 Å². The number of aliphatic hydroxyl groups excluding tert-OH is 2. The van der Waals surface area contributed by atoms with Gasteiger partial charge in [-0.3, -0.25) is 9.59 Å². The van der Waals surface area contributed by atoms with Gasteiger partial charge in [0, 0.05) is 12.8 Å². The summed E-state index contributed by atoms with van der Waals surface area (Å²) < 4.78 is 5.50. The molecule has 484 valence electrons. The van der Waals surface area contributed by atoms with Crippen LogP contribution < -0.4 is 5.32 Å². The van der Waals surface area contributed by atoms with Crippen molar-refractivity contribution in [1.29, 1.82) is 0 Å². The highest BCUT2D eigenvalue weighted by Crippen LogP contribution is 2.19. The van der Waals surface area contributed by atoms with E-state index in [0.29, 0.717) is 19.4 Å². The fourth-order valence-electron chi connectivity index (χ4n) is 11.7. The van der Waals surface area contributed by atoms with E-state index in [9.17, 15) is 19.8 Å². The Balaban J connectivity index is 3.36. The molecule has 0 fully saturated rings. The molecule has 1 amide bonds. The molecule has 0 aromatic heterocycles. The normalized spacial score (nSPS) is 12.7. The highest BCUT2D eigenvalue weighted by Gasteiger charge is 2.18. The van der Waals surface area contributed by atoms with Crippen molar-refractivity contribution >= 4 is 11.9 Å². The van der Waals surface area contributed by atoms with Gasteiger partial charge in [0.1, 0.15) is 0 Å². The number of nitrogens with one attached hydrogen (secondary N) is 1. The average molecular weight is 1150 g/mol. The van der Waals surface area contributed by atoms with Crippen molar-refractivity contribution in [3.63, 3.8) is 0 Å². The Morgan fingerprint density at radius 3 is 0.939 bits per heavy atom. The van der Waals surface area contributed by atoms with Crippen LogP contribution in [0.25, 0.3) is 0 Å². The second kappa shape index (κ2) is 71.6. The first-order valence-corrected chi connectivity index (χ1v) is 37.3. The Bertz CT molecular complexity index is 1330. The van der Waals surface area contributed by atoms with Gasteiger partial charge in [0.15, 0.2) is 0 Å². The Morgan fingerprint density at radius 1 is 0.341 bits per heavy atom. The highest BCUT2D eigenvalue weighted by molar-refractivity contribution is 5.76. The molecule has 2 atom stereocenters.